The van der Waals surface area contributed by atoms with Crippen molar-refractivity contribution in [2.24, 2.45) is 0 Å². The summed E-state index contributed by atoms with van der Waals surface area (Å²) in [4.78, 5) is 2.16. The Labute approximate surface area is 155 Å². The zero-order valence-corrected chi connectivity index (χ0v) is 17.0. The summed E-state index contributed by atoms with van der Waals surface area (Å²) >= 11 is 0. The van der Waals surface area contributed by atoms with Crippen molar-refractivity contribution in [1.82, 2.24) is 4.90 Å². The third-order valence-corrected chi connectivity index (χ3v) is 5.83. The van der Waals surface area contributed by atoms with Gasteiger partial charge in [-0.05, 0) is 56.3 Å². The van der Waals surface area contributed by atoms with Crippen molar-refractivity contribution in [3.05, 3.63) is 28.8 Å². The Kier molecular flexibility index (Phi) is 8.29. The number of phenols is 1. The van der Waals surface area contributed by atoms with Crippen LogP contribution < -0.4 is 0 Å². The Hall–Kier alpha value is -1.02. The van der Waals surface area contributed by atoms with Crippen LogP contribution in [0.2, 0.25) is 0 Å². The number of hydrogen-bond donors (Lipinski definition) is 1. The molecule has 142 valence electrons. The Bertz CT molecular complexity index is 517. The van der Waals surface area contributed by atoms with Crippen LogP contribution in [0.1, 0.15) is 107 Å². The minimum Gasteiger partial charge on any atom is -0.507 e. The predicted octanol–water partition coefficient (Wildman–Crippen LogP) is 6.58. The first-order chi connectivity index (χ1) is 12.0. The fourth-order valence-corrected chi connectivity index (χ4v) is 4.26. The van der Waals surface area contributed by atoms with Gasteiger partial charge in [0.2, 0.25) is 0 Å². The van der Waals surface area contributed by atoms with E-state index in [1.54, 1.807) is 0 Å². The van der Waals surface area contributed by atoms with E-state index in [9.17, 15) is 5.11 Å². The van der Waals surface area contributed by atoms with E-state index in [-0.39, 0.29) is 0 Å². The minimum absolute atomic E-state index is 0.557. The summed E-state index contributed by atoms with van der Waals surface area (Å²) in [6.07, 6.45) is 13.0. The molecule has 2 nitrogen and oxygen atoms in total. The van der Waals surface area contributed by atoms with Crippen molar-refractivity contribution in [2.75, 3.05) is 14.1 Å². The first-order valence-electron chi connectivity index (χ1n) is 10.5. The van der Waals surface area contributed by atoms with Gasteiger partial charge < -0.3 is 10.0 Å². The summed E-state index contributed by atoms with van der Waals surface area (Å²) < 4.78 is 0. The van der Waals surface area contributed by atoms with Crippen molar-refractivity contribution < 1.29 is 5.11 Å². The van der Waals surface area contributed by atoms with Gasteiger partial charge in [0, 0.05) is 12.1 Å². The third-order valence-electron chi connectivity index (χ3n) is 5.83. The molecule has 1 N–H and O–H groups in total. The second-order valence-corrected chi connectivity index (χ2v) is 8.44. The molecule has 0 spiro atoms. The number of aromatic hydroxyl groups is 1. The lowest BCUT2D eigenvalue weighted by Crippen LogP contribution is -2.13. The lowest BCUT2D eigenvalue weighted by atomic mass is 9.81. The van der Waals surface area contributed by atoms with E-state index in [2.05, 4.69) is 45.0 Å². The molecular formula is C23H39NO. The SMILES string of the molecule is CCCCCCC(C)c1cc(CN(C)C)c(O)c(C2CCCCC2)c1. The number of benzene rings is 1. The zero-order chi connectivity index (χ0) is 18.2. The number of nitrogens with zero attached hydrogens (tertiary/aromatic N) is 1. The molecule has 0 amide bonds. The van der Waals surface area contributed by atoms with Gasteiger partial charge in [-0.3, -0.25) is 0 Å². The summed E-state index contributed by atoms with van der Waals surface area (Å²) in [5.74, 6) is 1.71. The molecule has 0 aliphatic heterocycles. The van der Waals surface area contributed by atoms with Gasteiger partial charge in [-0.2, -0.15) is 0 Å². The molecule has 25 heavy (non-hydrogen) atoms. The van der Waals surface area contributed by atoms with E-state index in [1.807, 2.05) is 0 Å². The lowest BCUT2D eigenvalue weighted by molar-refractivity contribution is 0.375. The van der Waals surface area contributed by atoms with E-state index in [0.717, 1.165) is 12.1 Å². The lowest BCUT2D eigenvalue weighted by Gasteiger charge is -2.26. The molecule has 0 heterocycles. The number of phenolic OH excluding ortho intramolecular Hbond substituents is 1. The highest BCUT2D eigenvalue weighted by atomic mass is 16.3. The van der Waals surface area contributed by atoms with Gasteiger partial charge in [0.15, 0.2) is 0 Å². The molecule has 2 heteroatoms. The summed E-state index contributed by atoms with van der Waals surface area (Å²) in [7, 11) is 4.17. The molecule has 0 saturated heterocycles. The van der Waals surface area contributed by atoms with Crippen molar-refractivity contribution in [1.29, 1.82) is 0 Å². The van der Waals surface area contributed by atoms with E-state index < -0.39 is 0 Å². The largest absolute Gasteiger partial charge is 0.507 e. The average Bonchev–Trinajstić information content (AvgIpc) is 2.60. The molecule has 0 radical (unpaired) electrons. The van der Waals surface area contributed by atoms with Gasteiger partial charge >= 0.3 is 0 Å². The molecule has 0 bridgehead atoms. The molecule has 1 aromatic rings. The number of rotatable bonds is 9. The highest BCUT2D eigenvalue weighted by molar-refractivity contribution is 5.46. The van der Waals surface area contributed by atoms with Gasteiger partial charge in [0.1, 0.15) is 5.75 Å². The summed E-state index contributed by atoms with van der Waals surface area (Å²) in [6.45, 7) is 5.46. The van der Waals surface area contributed by atoms with Crippen LogP contribution in [-0.2, 0) is 6.54 Å². The van der Waals surface area contributed by atoms with Crippen LogP contribution in [0, 0.1) is 0 Å². The molecule has 1 aliphatic carbocycles. The fraction of sp³-hybridized carbons (Fsp3) is 0.739. The summed E-state index contributed by atoms with van der Waals surface area (Å²) in [5.41, 5.74) is 3.78. The van der Waals surface area contributed by atoms with Crippen LogP contribution in [0.25, 0.3) is 0 Å². The standard InChI is InChI=1S/C23H39NO/c1-5-6-7-9-12-18(2)20-15-21(17-24(3)4)23(25)22(16-20)19-13-10-8-11-14-19/h15-16,18-19,25H,5-14,17H2,1-4H3. The fourth-order valence-electron chi connectivity index (χ4n) is 4.26. The van der Waals surface area contributed by atoms with Crippen LogP contribution in [-0.4, -0.2) is 24.1 Å². The van der Waals surface area contributed by atoms with E-state index in [4.69, 9.17) is 0 Å². The van der Waals surface area contributed by atoms with Crippen LogP contribution >= 0.6 is 0 Å². The highest BCUT2D eigenvalue weighted by Crippen LogP contribution is 2.41. The highest BCUT2D eigenvalue weighted by Gasteiger charge is 2.22. The van der Waals surface area contributed by atoms with Crippen molar-refractivity contribution in [3.63, 3.8) is 0 Å². The zero-order valence-electron chi connectivity index (χ0n) is 17.0. The maximum absolute atomic E-state index is 10.9. The van der Waals surface area contributed by atoms with Gasteiger partial charge in [-0.25, -0.2) is 0 Å². The molecular weight excluding hydrogens is 306 g/mol. The normalized spacial score (nSPS) is 17.2. The van der Waals surface area contributed by atoms with Gasteiger partial charge in [0.25, 0.3) is 0 Å². The van der Waals surface area contributed by atoms with Crippen LogP contribution in [0.5, 0.6) is 5.75 Å². The second kappa shape index (κ2) is 10.2. The molecule has 1 aliphatic rings. The van der Waals surface area contributed by atoms with E-state index in [0.29, 0.717) is 17.6 Å². The maximum Gasteiger partial charge on any atom is 0.123 e. The molecule has 1 fully saturated rings. The predicted molar refractivity (Wildman–Crippen MR) is 108 cm³/mol. The van der Waals surface area contributed by atoms with Crippen LogP contribution in [0.4, 0.5) is 0 Å². The number of hydrogen-bond acceptors (Lipinski definition) is 2. The van der Waals surface area contributed by atoms with Crippen LogP contribution in [0.15, 0.2) is 12.1 Å². The first-order valence-corrected chi connectivity index (χ1v) is 10.5. The van der Waals surface area contributed by atoms with Crippen molar-refractivity contribution in [2.45, 2.75) is 96.4 Å². The molecule has 1 aromatic carbocycles. The molecule has 1 unspecified atom stereocenters. The molecule has 0 aromatic heterocycles. The minimum atomic E-state index is 0.557. The molecule has 1 atom stereocenters. The maximum atomic E-state index is 10.9. The smallest absolute Gasteiger partial charge is 0.123 e. The quantitative estimate of drug-likeness (QED) is 0.511. The van der Waals surface area contributed by atoms with E-state index >= 15 is 0 Å². The average molecular weight is 346 g/mol. The Morgan fingerprint density at radius 3 is 2.44 bits per heavy atom. The topological polar surface area (TPSA) is 23.5 Å². The second-order valence-electron chi connectivity index (χ2n) is 8.44. The number of unbranched alkanes of at least 4 members (excludes halogenated alkanes) is 3. The summed E-state index contributed by atoms with van der Waals surface area (Å²) in [6, 6.07) is 4.61. The monoisotopic (exact) mass is 345 g/mol. The van der Waals surface area contributed by atoms with Gasteiger partial charge in [0.05, 0.1) is 0 Å². The van der Waals surface area contributed by atoms with Crippen LogP contribution in [0.3, 0.4) is 0 Å². The molecule has 1 saturated carbocycles. The van der Waals surface area contributed by atoms with Gasteiger partial charge in [-0.1, -0.05) is 70.9 Å². The Morgan fingerprint density at radius 1 is 1.08 bits per heavy atom. The Balaban J connectivity index is 2.22. The van der Waals surface area contributed by atoms with Crippen molar-refractivity contribution >= 4 is 0 Å². The van der Waals surface area contributed by atoms with Gasteiger partial charge in [-0.15, -0.1) is 0 Å². The molecule has 2 rings (SSSR count). The van der Waals surface area contributed by atoms with E-state index in [1.165, 1.54) is 75.3 Å². The first kappa shape index (κ1) is 20.3. The summed E-state index contributed by atoms with van der Waals surface area (Å²) in [5, 5.41) is 10.9. The van der Waals surface area contributed by atoms with Crippen molar-refractivity contribution in [3.8, 4) is 5.75 Å². The third kappa shape index (κ3) is 6.02. The Morgan fingerprint density at radius 2 is 1.80 bits per heavy atom.